The molecule has 0 saturated carbocycles. The molecule has 0 rings (SSSR count). The van der Waals surface area contributed by atoms with Gasteiger partial charge in [-0.05, 0) is 57.8 Å². The Bertz CT molecular complexity index is 1180. The van der Waals surface area contributed by atoms with Gasteiger partial charge in [0, 0.05) is 19.3 Å². The molecule has 0 radical (unpaired) electrons. The van der Waals surface area contributed by atoms with Gasteiger partial charge in [-0.15, -0.1) is 0 Å². The number of carboxylic acids is 1. The van der Waals surface area contributed by atoms with Crippen LogP contribution < -0.4 is 0 Å². The first-order valence-corrected chi connectivity index (χ1v) is 23.0. The normalized spacial score (nSPS) is 13.6. The van der Waals surface area contributed by atoms with Crippen molar-refractivity contribution >= 4 is 17.9 Å². The second-order valence-corrected chi connectivity index (χ2v) is 16.4. The van der Waals surface area contributed by atoms with Gasteiger partial charge in [-0.2, -0.15) is 0 Å². The lowest BCUT2D eigenvalue weighted by Crippen LogP contribution is -2.50. The number of aliphatic carboxylic acids is 1. The van der Waals surface area contributed by atoms with Gasteiger partial charge in [0.25, 0.3) is 0 Å². The number of carbonyl (C=O) groups excluding carboxylic acids is 2. The molecule has 0 amide bonds. The summed E-state index contributed by atoms with van der Waals surface area (Å²) in [5.74, 6) is -1.51. The number of ether oxygens (including phenoxy) is 3. The molecule has 0 aliphatic heterocycles. The number of hydrogen-bond acceptors (Lipinski definition) is 6. The van der Waals surface area contributed by atoms with E-state index in [1.807, 2.05) is 45.4 Å². The van der Waals surface area contributed by atoms with Gasteiger partial charge in [0.15, 0.2) is 12.1 Å². The average molecular weight is 813 g/mol. The van der Waals surface area contributed by atoms with Gasteiger partial charge >= 0.3 is 17.9 Å². The molecule has 0 aliphatic rings. The Morgan fingerprint density at radius 1 is 0.534 bits per heavy atom. The molecule has 0 bridgehead atoms. The molecule has 0 aromatic carbocycles. The number of unbranched alkanes of at least 4 members (excludes halogenated alkanes) is 18. The first kappa shape index (κ1) is 54.8. The van der Waals surface area contributed by atoms with Crippen LogP contribution in [0, 0.1) is 0 Å². The summed E-state index contributed by atoms with van der Waals surface area (Å²) in [6.45, 7) is 4.54. The lowest BCUT2D eigenvalue weighted by molar-refractivity contribution is -0.887. The number of likely N-dealkylation sites (N-methyl/N-ethyl adjacent to an activating group) is 1. The van der Waals surface area contributed by atoms with Crippen molar-refractivity contribution in [2.75, 3.05) is 41.0 Å². The van der Waals surface area contributed by atoms with Crippen LogP contribution in [0.5, 0.6) is 0 Å². The summed E-state index contributed by atoms with van der Waals surface area (Å²) in [5.41, 5.74) is 0. The molecule has 58 heavy (non-hydrogen) atoms. The van der Waals surface area contributed by atoms with E-state index in [4.69, 9.17) is 14.2 Å². The zero-order valence-electron chi connectivity index (χ0n) is 37.7. The van der Waals surface area contributed by atoms with Crippen molar-refractivity contribution < 1.29 is 38.2 Å². The molecule has 0 fully saturated rings. The molecule has 8 heteroatoms. The minimum absolute atomic E-state index is 0.0486. The fourth-order valence-corrected chi connectivity index (χ4v) is 6.39. The first-order chi connectivity index (χ1) is 28.1. The molecule has 2 unspecified atom stereocenters. The Hall–Kier alpha value is -3.23. The predicted octanol–water partition coefficient (Wildman–Crippen LogP) is 12.7. The maximum absolute atomic E-state index is 12.8. The van der Waals surface area contributed by atoms with Gasteiger partial charge in [-0.1, -0.05) is 170 Å². The molecule has 332 valence electrons. The van der Waals surface area contributed by atoms with Gasteiger partial charge in [0.1, 0.15) is 6.61 Å². The van der Waals surface area contributed by atoms with E-state index >= 15 is 0 Å². The molecule has 0 aromatic heterocycles. The highest BCUT2D eigenvalue weighted by atomic mass is 16.6. The van der Waals surface area contributed by atoms with Crippen LogP contribution in [0.4, 0.5) is 0 Å². The van der Waals surface area contributed by atoms with Crippen LogP contribution in [-0.4, -0.2) is 80.6 Å². The highest BCUT2D eigenvalue weighted by Gasteiger charge is 2.31. The van der Waals surface area contributed by atoms with Gasteiger partial charge in [0.05, 0.1) is 34.4 Å². The number of esters is 2. The van der Waals surface area contributed by atoms with Gasteiger partial charge < -0.3 is 23.8 Å². The highest BCUT2D eigenvalue weighted by Crippen LogP contribution is 2.14. The Kier molecular flexibility index (Phi) is 38.3. The smallest absolute Gasteiger partial charge is 0.362 e. The maximum Gasteiger partial charge on any atom is 0.362 e. The topological polar surface area (TPSA) is 99.1 Å². The molecule has 2 atom stereocenters. The molecule has 0 spiro atoms. The van der Waals surface area contributed by atoms with Crippen LogP contribution in [0.1, 0.15) is 174 Å². The van der Waals surface area contributed by atoms with E-state index in [1.54, 1.807) is 0 Å². The largest absolute Gasteiger partial charge is 0.477 e. The van der Waals surface area contributed by atoms with E-state index < -0.39 is 18.1 Å². The van der Waals surface area contributed by atoms with Crippen LogP contribution in [0.15, 0.2) is 72.9 Å². The monoisotopic (exact) mass is 813 g/mol. The molecule has 0 aliphatic carbocycles. The number of nitrogens with zero attached hydrogens (tertiary/aromatic N) is 1. The van der Waals surface area contributed by atoms with Gasteiger partial charge in [-0.3, -0.25) is 9.59 Å². The third kappa shape index (κ3) is 38.3. The quantitative estimate of drug-likeness (QED) is 0.0285. The van der Waals surface area contributed by atoms with E-state index in [1.165, 1.54) is 77.0 Å². The van der Waals surface area contributed by atoms with E-state index in [9.17, 15) is 19.5 Å². The van der Waals surface area contributed by atoms with E-state index in [2.05, 4.69) is 62.5 Å². The summed E-state index contributed by atoms with van der Waals surface area (Å²) in [6, 6.07) is -0.622. The summed E-state index contributed by atoms with van der Waals surface area (Å²) in [7, 11) is 5.51. The van der Waals surface area contributed by atoms with Crippen LogP contribution in [0.2, 0.25) is 0 Å². The standard InChI is InChI=1S/C50H85NO7/c1-6-8-10-12-14-16-18-20-22-23-24-25-27-29-31-33-35-37-39-41-49(53)58-46(44-56-43-42-47(50(54)55)51(3,4)5)45-57-48(52)40-38-36-34-32-30-28-26-21-19-17-15-13-11-9-7-2/h9,11,13-21,26,46-47H,6-8,10,12,22-25,27-45H2,1-5H3/p+1/b11-9+,15-13+,16-14+,19-17+,20-18+,26-21+. The second kappa shape index (κ2) is 40.5. The molecule has 0 heterocycles. The molecular weight excluding hydrogens is 727 g/mol. The first-order valence-electron chi connectivity index (χ1n) is 23.0. The SMILES string of the molecule is CC/C=C/C=C/C=C/C=C/CCCCCCCC(=O)OCC(COCCC(C(=O)O)[N+](C)(C)C)OC(=O)CCCCCCCCCCCC/C=C/C=C/CCCCC. The molecular formula is C50H86NO7+. The van der Waals surface area contributed by atoms with Crippen molar-refractivity contribution in [2.24, 2.45) is 0 Å². The Balaban J connectivity index is 4.35. The number of rotatable bonds is 40. The zero-order valence-corrected chi connectivity index (χ0v) is 37.7. The van der Waals surface area contributed by atoms with Crippen molar-refractivity contribution in [1.82, 2.24) is 0 Å². The summed E-state index contributed by atoms with van der Waals surface area (Å²) >= 11 is 0. The predicted molar refractivity (Wildman–Crippen MR) is 243 cm³/mol. The fourth-order valence-electron chi connectivity index (χ4n) is 6.39. The number of hydrogen-bond donors (Lipinski definition) is 1. The van der Waals surface area contributed by atoms with E-state index in [0.29, 0.717) is 19.3 Å². The van der Waals surface area contributed by atoms with Gasteiger partial charge in [-0.25, -0.2) is 4.79 Å². The van der Waals surface area contributed by atoms with E-state index in [-0.39, 0.29) is 36.2 Å². The number of carbonyl (C=O) groups is 3. The van der Waals surface area contributed by atoms with E-state index in [0.717, 1.165) is 64.2 Å². The summed E-state index contributed by atoms with van der Waals surface area (Å²) < 4.78 is 17.3. The van der Waals surface area contributed by atoms with Crippen LogP contribution in [0.25, 0.3) is 0 Å². The second-order valence-electron chi connectivity index (χ2n) is 16.4. The van der Waals surface area contributed by atoms with Crippen LogP contribution in [0.3, 0.4) is 0 Å². The number of quaternary nitrogens is 1. The van der Waals surface area contributed by atoms with Gasteiger partial charge in [0.2, 0.25) is 0 Å². The minimum Gasteiger partial charge on any atom is -0.477 e. The van der Waals surface area contributed by atoms with Crippen molar-refractivity contribution in [3.63, 3.8) is 0 Å². The highest BCUT2D eigenvalue weighted by molar-refractivity contribution is 5.72. The number of carboxylic acid groups (broad SMARTS) is 1. The van der Waals surface area contributed by atoms with Crippen molar-refractivity contribution in [1.29, 1.82) is 0 Å². The Morgan fingerprint density at radius 2 is 0.966 bits per heavy atom. The molecule has 0 saturated heterocycles. The third-order valence-electron chi connectivity index (χ3n) is 9.96. The summed E-state index contributed by atoms with van der Waals surface area (Å²) in [4.78, 5) is 37.0. The average Bonchev–Trinajstić information content (AvgIpc) is 3.18. The minimum atomic E-state index is -0.882. The molecule has 0 aromatic rings. The van der Waals surface area contributed by atoms with Crippen molar-refractivity contribution in [3.8, 4) is 0 Å². The van der Waals surface area contributed by atoms with Crippen LogP contribution >= 0.6 is 0 Å². The third-order valence-corrected chi connectivity index (χ3v) is 9.96. The lowest BCUT2D eigenvalue weighted by atomic mass is 10.1. The summed E-state index contributed by atoms with van der Waals surface area (Å²) in [6.07, 6.45) is 50.8. The van der Waals surface area contributed by atoms with Crippen molar-refractivity contribution in [2.45, 2.75) is 187 Å². The lowest BCUT2D eigenvalue weighted by Gasteiger charge is -2.31. The van der Waals surface area contributed by atoms with Crippen LogP contribution in [-0.2, 0) is 28.6 Å². The summed E-state index contributed by atoms with van der Waals surface area (Å²) in [5, 5.41) is 9.63. The zero-order chi connectivity index (χ0) is 42.8. The molecule has 1 N–H and O–H groups in total. The Labute approximate surface area is 355 Å². The maximum atomic E-state index is 12.8. The Morgan fingerprint density at radius 3 is 1.45 bits per heavy atom. The number of allylic oxidation sites excluding steroid dienone is 12. The fraction of sp³-hybridized carbons (Fsp3) is 0.700. The van der Waals surface area contributed by atoms with Crippen molar-refractivity contribution in [3.05, 3.63) is 72.9 Å². The molecule has 8 nitrogen and oxygen atoms in total.